The van der Waals surface area contributed by atoms with Crippen molar-refractivity contribution in [1.82, 2.24) is 9.03 Å². The van der Waals surface area contributed by atoms with Crippen LogP contribution in [0.4, 0.5) is 0 Å². The first kappa shape index (κ1) is 17.9. The molecule has 0 saturated carbocycles. The normalized spacial score (nSPS) is 19.4. The summed E-state index contributed by atoms with van der Waals surface area (Å²) in [4.78, 5) is 0. The van der Waals surface area contributed by atoms with E-state index in [1.165, 1.54) is 4.31 Å². The van der Waals surface area contributed by atoms with E-state index in [2.05, 4.69) is 32.4 Å². The monoisotopic (exact) mass is 306 g/mol. The number of hydrogen-bond acceptors (Lipinski definition) is 3. The highest BCUT2D eigenvalue weighted by atomic mass is 32.2. The Bertz CT molecular complexity index is 366. The van der Waals surface area contributed by atoms with Crippen LogP contribution >= 0.6 is 0 Å². The van der Waals surface area contributed by atoms with Crippen LogP contribution in [0.5, 0.6) is 0 Å². The van der Waals surface area contributed by atoms with Gasteiger partial charge in [0, 0.05) is 26.2 Å². The van der Waals surface area contributed by atoms with Gasteiger partial charge in [-0.05, 0) is 36.5 Å². The van der Waals surface area contributed by atoms with Gasteiger partial charge in [-0.3, -0.25) is 0 Å². The first-order chi connectivity index (χ1) is 9.27. The summed E-state index contributed by atoms with van der Waals surface area (Å²) in [5.41, 5.74) is 0. The Hall–Kier alpha value is -0.170. The lowest BCUT2D eigenvalue weighted by Crippen LogP contribution is -2.47. The molecule has 2 N–H and O–H groups in total. The van der Waals surface area contributed by atoms with Gasteiger partial charge in [-0.2, -0.15) is 12.7 Å². The molecule has 0 unspecified atom stereocenters. The molecule has 0 aliphatic carbocycles. The lowest BCUT2D eigenvalue weighted by atomic mass is 9.86. The molecule has 0 bridgehead atoms. The molecule has 0 aromatic rings. The molecular weight excluding hydrogens is 276 g/mol. The van der Waals surface area contributed by atoms with E-state index in [0.29, 0.717) is 37.4 Å². The average Bonchev–Trinajstić information content (AvgIpc) is 2.38. The lowest BCUT2D eigenvalue weighted by Gasteiger charge is -2.32. The zero-order valence-corrected chi connectivity index (χ0v) is 14.0. The highest BCUT2D eigenvalue weighted by molar-refractivity contribution is 7.87. The third-order valence-electron chi connectivity index (χ3n) is 4.39. The van der Waals surface area contributed by atoms with Crippen molar-refractivity contribution in [2.24, 2.45) is 23.7 Å². The maximum absolute atomic E-state index is 12.3. The van der Waals surface area contributed by atoms with Crippen molar-refractivity contribution < 1.29 is 13.5 Å². The van der Waals surface area contributed by atoms with Crippen molar-refractivity contribution in [1.29, 1.82) is 0 Å². The zero-order valence-electron chi connectivity index (χ0n) is 13.2. The molecule has 5 nitrogen and oxygen atoms in total. The van der Waals surface area contributed by atoms with E-state index in [4.69, 9.17) is 5.11 Å². The molecule has 0 aromatic heterocycles. The predicted octanol–water partition coefficient (Wildman–Crippen LogP) is 1.45. The second-order valence-corrected chi connectivity index (χ2v) is 8.29. The quantitative estimate of drug-likeness (QED) is 0.748. The van der Waals surface area contributed by atoms with E-state index in [-0.39, 0.29) is 12.5 Å². The van der Waals surface area contributed by atoms with Gasteiger partial charge in [0.25, 0.3) is 10.2 Å². The van der Waals surface area contributed by atoms with Gasteiger partial charge >= 0.3 is 0 Å². The molecule has 0 radical (unpaired) electrons. The number of rotatable bonds is 7. The smallest absolute Gasteiger partial charge is 0.279 e. The van der Waals surface area contributed by atoms with Crippen molar-refractivity contribution in [2.75, 3.05) is 26.2 Å². The largest absolute Gasteiger partial charge is 0.396 e. The number of nitrogens with zero attached hydrogens (tertiary/aromatic N) is 1. The average molecular weight is 306 g/mol. The summed E-state index contributed by atoms with van der Waals surface area (Å²) in [7, 11) is -3.38. The second kappa shape index (κ2) is 7.73. The summed E-state index contributed by atoms with van der Waals surface area (Å²) in [6.07, 6.45) is 1.49. The van der Waals surface area contributed by atoms with Gasteiger partial charge in [0.15, 0.2) is 0 Å². The molecule has 1 heterocycles. The van der Waals surface area contributed by atoms with Gasteiger partial charge in [-0.25, -0.2) is 4.72 Å². The van der Waals surface area contributed by atoms with Crippen LogP contribution in [-0.4, -0.2) is 44.1 Å². The summed E-state index contributed by atoms with van der Waals surface area (Å²) in [5.74, 6) is 1.51. The van der Waals surface area contributed by atoms with Crippen LogP contribution in [0.1, 0.15) is 40.5 Å². The highest BCUT2D eigenvalue weighted by Crippen LogP contribution is 2.21. The first-order valence-corrected chi connectivity index (χ1v) is 9.07. The van der Waals surface area contributed by atoms with E-state index in [1.54, 1.807) is 0 Å². The summed E-state index contributed by atoms with van der Waals surface area (Å²) in [6.45, 7) is 10.2. The van der Waals surface area contributed by atoms with Crippen molar-refractivity contribution >= 4 is 10.2 Å². The molecule has 6 heteroatoms. The van der Waals surface area contributed by atoms with E-state index in [1.807, 2.05) is 0 Å². The second-order valence-electron chi connectivity index (χ2n) is 6.53. The molecule has 0 aromatic carbocycles. The van der Waals surface area contributed by atoms with E-state index in [0.717, 1.165) is 12.8 Å². The van der Waals surface area contributed by atoms with Crippen LogP contribution in [-0.2, 0) is 10.2 Å². The Morgan fingerprint density at radius 3 is 2.05 bits per heavy atom. The zero-order chi connectivity index (χ0) is 15.3. The number of aliphatic hydroxyl groups excluding tert-OH is 1. The number of nitrogens with one attached hydrogen (secondary N) is 1. The fraction of sp³-hybridized carbons (Fsp3) is 1.00. The van der Waals surface area contributed by atoms with Crippen LogP contribution in [0, 0.1) is 23.7 Å². The molecular formula is C14H30N2O3S. The molecule has 0 amide bonds. The molecule has 1 rings (SSSR count). The third kappa shape index (κ3) is 4.98. The van der Waals surface area contributed by atoms with Crippen molar-refractivity contribution in [3.63, 3.8) is 0 Å². The minimum absolute atomic E-state index is 0.157. The minimum atomic E-state index is -3.38. The third-order valence-corrected chi connectivity index (χ3v) is 5.96. The van der Waals surface area contributed by atoms with E-state index in [9.17, 15) is 8.42 Å². The van der Waals surface area contributed by atoms with Crippen LogP contribution in [0.25, 0.3) is 0 Å². The molecule has 0 spiro atoms. The Kier molecular flexibility index (Phi) is 6.91. The highest BCUT2D eigenvalue weighted by Gasteiger charge is 2.28. The molecule has 1 saturated heterocycles. The number of hydrogen-bond donors (Lipinski definition) is 2. The first-order valence-electron chi connectivity index (χ1n) is 7.63. The predicted molar refractivity (Wildman–Crippen MR) is 81.5 cm³/mol. The Labute approximate surface area is 123 Å². The molecule has 20 heavy (non-hydrogen) atoms. The van der Waals surface area contributed by atoms with Crippen LogP contribution < -0.4 is 4.72 Å². The van der Waals surface area contributed by atoms with Gasteiger partial charge in [0.05, 0.1) is 0 Å². The van der Waals surface area contributed by atoms with Gasteiger partial charge < -0.3 is 5.11 Å². The Morgan fingerprint density at radius 2 is 1.65 bits per heavy atom. The van der Waals surface area contributed by atoms with Crippen molar-refractivity contribution in [3.8, 4) is 0 Å². The topological polar surface area (TPSA) is 69.6 Å². The Balaban J connectivity index is 2.53. The van der Waals surface area contributed by atoms with Gasteiger partial charge in [-0.1, -0.05) is 27.7 Å². The van der Waals surface area contributed by atoms with E-state index < -0.39 is 10.2 Å². The lowest BCUT2D eigenvalue weighted by molar-refractivity contribution is 0.169. The molecule has 1 fully saturated rings. The van der Waals surface area contributed by atoms with E-state index >= 15 is 0 Å². The SMILES string of the molecule is CC(C)C(CNS(=O)(=O)N1CCC(CO)CC1)C(C)C. The number of aliphatic hydroxyl groups is 1. The fourth-order valence-electron chi connectivity index (χ4n) is 2.87. The maximum atomic E-state index is 12.3. The summed E-state index contributed by atoms with van der Waals surface area (Å²) < 4.78 is 28.8. The Morgan fingerprint density at radius 1 is 1.15 bits per heavy atom. The standard InChI is InChI=1S/C14H30N2O3S/c1-11(2)14(12(3)4)9-15-20(18,19)16-7-5-13(10-17)6-8-16/h11-15,17H,5-10H2,1-4H3. The summed E-state index contributed by atoms with van der Waals surface area (Å²) in [5, 5.41) is 9.09. The molecule has 1 aliphatic heterocycles. The summed E-state index contributed by atoms with van der Waals surface area (Å²) >= 11 is 0. The number of piperidine rings is 1. The van der Waals surface area contributed by atoms with Crippen LogP contribution in [0.2, 0.25) is 0 Å². The molecule has 0 atom stereocenters. The van der Waals surface area contributed by atoms with Gasteiger partial charge in [0.2, 0.25) is 0 Å². The minimum Gasteiger partial charge on any atom is -0.396 e. The van der Waals surface area contributed by atoms with Crippen molar-refractivity contribution in [2.45, 2.75) is 40.5 Å². The summed E-state index contributed by atoms with van der Waals surface area (Å²) in [6, 6.07) is 0. The fourth-order valence-corrected chi connectivity index (χ4v) is 4.14. The van der Waals surface area contributed by atoms with Crippen LogP contribution in [0.15, 0.2) is 0 Å². The van der Waals surface area contributed by atoms with Crippen molar-refractivity contribution in [3.05, 3.63) is 0 Å². The van der Waals surface area contributed by atoms with Crippen LogP contribution in [0.3, 0.4) is 0 Å². The maximum Gasteiger partial charge on any atom is 0.279 e. The van der Waals surface area contributed by atoms with Gasteiger partial charge in [-0.15, -0.1) is 0 Å². The molecule has 1 aliphatic rings. The molecule has 120 valence electrons. The van der Waals surface area contributed by atoms with Gasteiger partial charge in [0.1, 0.15) is 0 Å².